The van der Waals surface area contributed by atoms with Crippen LogP contribution in [-0.2, 0) is 21.4 Å². The molecule has 0 radical (unpaired) electrons. The Morgan fingerprint density at radius 2 is 1.56 bits per heavy atom. The molecule has 180 valence electrons. The van der Waals surface area contributed by atoms with Gasteiger partial charge in [-0.1, -0.05) is 53.0 Å². The molecule has 3 aromatic rings. The Morgan fingerprint density at radius 3 is 2.12 bits per heavy atom. The fourth-order valence-electron chi connectivity index (χ4n) is 3.26. The summed E-state index contributed by atoms with van der Waals surface area (Å²) >= 11 is 20.1. The molecule has 0 aromatic heterocycles. The van der Waals surface area contributed by atoms with Gasteiger partial charge in [-0.15, -0.1) is 11.8 Å². The number of carbonyl (C=O) groups excluding carboxylic acids is 1. The summed E-state index contributed by atoms with van der Waals surface area (Å²) in [5, 5.41) is 3.90. The predicted molar refractivity (Wildman–Crippen MR) is 140 cm³/mol. The van der Waals surface area contributed by atoms with Crippen molar-refractivity contribution in [3.63, 3.8) is 0 Å². The molecule has 0 aliphatic carbocycles. The highest BCUT2D eigenvalue weighted by atomic mass is 35.5. The molecule has 0 aliphatic heterocycles. The molecule has 5 nitrogen and oxygen atoms in total. The van der Waals surface area contributed by atoms with Crippen LogP contribution in [0.1, 0.15) is 24.1 Å². The molecule has 0 bridgehead atoms. The summed E-state index contributed by atoms with van der Waals surface area (Å²) in [6, 6.07) is 18.2. The quantitative estimate of drug-likeness (QED) is 0.308. The van der Waals surface area contributed by atoms with Gasteiger partial charge in [0, 0.05) is 32.1 Å². The Hall–Kier alpha value is -1.74. The first-order chi connectivity index (χ1) is 16.1. The topological polar surface area (TPSA) is 66.5 Å². The molecule has 0 spiro atoms. The summed E-state index contributed by atoms with van der Waals surface area (Å²) < 4.78 is 28.0. The van der Waals surface area contributed by atoms with Crippen LogP contribution in [0.25, 0.3) is 0 Å². The van der Waals surface area contributed by atoms with Crippen molar-refractivity contribution in [2.75, 3.05) is 12.8 Å². The average molecular weight is 558 g/mol. The van der Waals surface area contributed by atoms with Crippen molar-refractivity contribution in [3.05, 3.63) is 92.9 Å². The molecule has 10 heteroatoms. The predicted octanol–water partition coefficient (Wildman–Crippen LogP) is 6.44. The second-order valence-corrected chi connectivity index (χ2v) is 11.6. The van der Waals surface area contributed by atoms with Gasteiger partial charge in [-0.2, -0.15) is 4.31 Å². The Labute approximate surface area is 219 Å². The summed E-state index contributed by atoms with van der Waals surface area (Å²) in [5.74, 6) is -0.456. The van der Waals surface area contributed by atoms with Crippen LogP contribution in [0.15, 0.2) is 76.5 Å². The van der Waals surface area contributed by atoms with Gasteiger partial charge in [-0.3, -0.25) is 4.79 Å². The van der Waals surface area contributed by atoms with Gasteiger partial charge in [0.2, 0.25) is 15.9 Å². The zero-order chi connectivity index (χ0) is 24.9. The average Bonchev–Trinajstić information content (AvgIpc) is 2.81. The number of carbonyl (C=O) groups is 1. The van der Waals surface area contributed by atoms with Crippen molar-refractivity contribution < 1.29 is 13.2 Å². The fourth-order valence-corrected chi connectivity index (χ4v) is 5.68. The minimum absolute atomic E-state index is 0.00794. The van der Waals surface area contributed by atoms with Gasteiger partial charge in [0.15, 0.2) is 0 Å². The molecular formula is C24H23Cl3N2O3S2. The highest BCUT2D eigenvalue weighted by Crippen LogP contribution is 2.28. The number of hydrogen-bond donors (Lipinski definition) is 1. The zero-order valence-electron chi connectivity index (χ0n) is 18.5. The maximum absolute atomic E-state index is 13.4. The monoisotopic (exact) mass is 556 g/mol. The molecule has 1 N–H and O–H groups in total. The largest absolute Gasteiger partial charge is 0.348 e. The van der Waals surface area contributed by atoms with Gasteiger partial charge in [0.05, 0.1) is 17.5 Å². The Kier molecular flexibility index (Phi) is 9.32. The van der Waals surface area contributed by atoms with E-state index in [1.54, 1.807) is 30.0 Å². The van der Waals surface area contributed by atoms with Crippen molar-refractivity contribution in [2.24, 2.45) is 0 Å². The van der Waals surface area contributed by atoms with Crippen LogP contribution in [0, 0.1) is 0 Å². The number of amides is 1. The highest BCUT2D eigenvalue weighted by molar-refractivity contribution is 7.98. The van der Waals surface area contributed by atoms with Crippen LogP contribution in [-0.4, -0.2) is 31.4 Å². The number of thioether (sulfide) groups is 1. The van der Waals surface area contributed by atoms with Crippen LogP contribution in [0.2, 0.25) is 15.1 Å². The van der Waals surface area contributed by atoms with E-state index in [1.807, 2.05) is 37.4 Å². The maximum atomic E-state index is 13.4. The molecular weight excluding hydrogens is 535 g/mol. The van der Waals surface area contributed by atoms with Gasteiger partial charge >= 0.3 is 0 Å². The van der Waals surface area contributed by atoms with Gasteiger partial charge in [-0.05, 0) is 67.3 Å². The van der Waals surface area contributed by atoms with Gasteiger partial charge in [0.25, 0.3) is 0 Å². The number of benzene rings is 3. The van der Waals surface area contributed by atoms with E-state index < -0.39 is 22.5 Å². The van der Waals surface area contributed by atoms with Crippen LogP contribution >= 0.6 is 46.6 Å². The molecule has 34 heavy (non-hydrogen) atoms. The molecule has 0 unspecified atom stereocenters. The number of halogens is 3. The van der Waals surface area contributed by atoms with E-state index in [1.165, 1.54) is 24.3 Å². The lowest BCUT2D eigenvalue weighted by atomic mass is 10.1. The van der Waals surface area contributed by atoms with E-state index in [-0.39, 0.29) is 17.5 Å². The summed E-state index contributed by atoms with van der Waals surface area (Å²) in [6.45, 7) is 1.25. The third kappa shape index (κ3) is 6.68. The molecule has 1 amide bonds. The summed E-state index contributed by atoms with van der Waals surface area (Å²) in [6.07, 6.45) is 1.99. The third-order valence-corrected chi connectivity index (χ3v) is 8.67. The normalized spacial score (nSPS) is 12.5. The minimum Gasteiger partial charge on any atom is -0.348 e. The molecule has 0 fully saturated rings. The first-order valence-electron chi connectivity index (χ1n) is 10.2. The number of nitrogens with one attached hydrogen (secondary N) is 1. The zero-order valence-corrected chi connectivity index (χ0v) is 22.4. The Balaban J connectivity index is 1.86. The van der Waals surface area contributed by atoms with E-state index in [2.05, 4.69) is 5.32 Å². The van der Waals surface area contributed by atoms with Crippen molar-refractivity contribution in [2.45, 2.75) is 29.3 Å². The van der Waals surface area contributed by atoms with Gasteiger partial charge in [-0.25, -0.2) is 8.42 Å². The molecule has 3 aromatic carbocycles. The Bertz CT molecular complexity index is 1230. The molecule has 3 rings (SSSR count). The van der Waals surface area contributed by atoms with Crippen molar-refractivity contribution in [1.82, 2.24) is 9.62 Å². The first-order valence-corrected chi connectivity index (χ1v) is 14.0. The highest BCUT2D eigenvalue weighted by Gasteiger charge is 2.29. The lowest BCUT2D eigenvalue weighted by molar-refractivity contribution is -0.122. The summed E-state index contributed by atoms with van der Waals surface area (Å²) in [5.41, 5.74) is 1.32. The van der Waals surface area contributed by atoms with E-state index in [4.69, 9.17) is 34.8 Å². The van der Waals surface area contributed by atoms with E-state index in [9.17, 15) is 13.2 Å². The molecule has 0 heterocycles. The number of sulfonamides is 1. The lowest BCUT2D eigenvalue weighted by Gasteiger charge is -2.24. The number of nitrogens with zero attached hydrogens (tertiary/aromatic N) is 1. The second-order valence-electron chi connectivity index (χ2n) is 7.49. The van der Waals surface area contributed by atoms with Crippen LogP contribution in [0.4, 0.5) is 0 Å². The van der Waals surface area contributed by atoms with Gasteiger partial charge < -0.3 is 5.32 Å². The van der Waals surface area contributed by atoms with Crippen molar-refractivity contribution in [3.8, 4) is 0 Å². The second kappa shape index (κ2) is 11.8. The molecule has 0 saturated carbocycles. The van der Waals surface area contributed by atoms with E-state index >= 15 is 0 Å². The fraction of sp³-hybridized carbons (Fsp3) is 0.208. The SMILES string of the molecule is CSc1ccc([C@@H](C)NC(=O)CN(Cc2c(Cl)cccc2Cl)S(=O)(=O)c2ccc(Cl)cc2)cc1. The van der Waals surface area contributed by atoms with Crippen LogP contribution in [0.3, 0.4) is 0 Å². The van der Waals surface area contributed by atoms with Crippen LogP contribution < -0.4 is 5.32 Å². The standard InChI is InChI=1S/C24H23Cl3N2O3S2/c1-16(17-6-10-19(33-2)11-7-17)28-24(30)15-29(14-21-22(26)4-3-5-23(21)27)34(31,32)20-12-8-18(25)9-13-20/h3-13,16H,14-15H2,1-2H3,(H,28,30)/t16-/m1/s1. The summed E-state index contributed by atoms with van der Waals surface area (Å²) in [7, 11) is -4.06. The number of rotatable bonds is 9. The molecule has 0 aliphatic rings. The lowest BCUT2D eigenvalue weighted by Crippen LogP contribution is -2.41. The molecule has 0 saturated heterocycles. The van der Waals surface area contributed by atoms with E-state index in [0.717, 1.165) is 14.8 Å². The maximum Gasteiger partial charge on any atom is 0.243 e. The molecule has 1 atom stereocenters. The van der Waals surface area contributed by atoms with E-state index in [0.29, 0.717) is 20.6 Å². The van der Waals surface area contributed by atoms with Crippen molar-refractivity contribution in [1.29, 1.82) is 0 Å². The smallest absolute Gasteiger partial charge is 0.243 e. The minimum atomic E-state index is -4.06. The van der Waals surface area contributed by atoms with Crippen molar-refractivity contribution >= 4 is 62.5 Å². The third-order valence-electron chi connectivity index (χ3n) is 5.16. The first kappa shape index (κ1) is 26.9. The summed E-state index contributed by atoms with van der Waals surface area (Å²) in [4.78, 5) is 14.1. The number of hydrogen-bond acceptors (Lipinski definition) is 4. The van der Waals surface area contributed by atoms with Gasteiger partial charge in [0.1, 0.15) is 0 Å². The van der Waals surface area contributed by atoms with Crippen LogP contribution in [0.5, 0.6) is 0 Å². The Morgan fingerprint density at radius 1 is 0.971 bits per heavy atom.